The molecule has 3 atom stereocenters. The average molecular weight is 372 g/mol. The summed E-state index contributed by atoms with van der Waals surface area (Å²) < 4.78 is 5.47. The van der Waals surface area contributed by atoms with E-state index in [2.05, 4.69) is 4.98 Å². The summed E-state index contributed by atoms with van der Waals surface area (Å²) in [7, 11) is 0. The van der Waals surface area contributed by atoms with E-state index in [4.69, 9.17) is 10.5 Å². The molecule has 26 heavy (non-hydrogen) atoms. The van der Waals surface area contributed by atoms with E-state index in [-0.39, 0.29) is 11.9 Å². The summed E-state index contributed by atoms with van der Waals surface area (Å²) in [4.78, 5) is 19.3. The minimum absolute atomic E-state index is 0.176. The SMILES string of the molecule is CCOc1ccc(-c2nc(CC(=O)N3CC4CCC(N)C4C3)cs2)cc1. The molecule has 138 valence electrons. The minimum Gasteiger partial charge on any atom is -0.494 e. The molecule has 0 spiro atoms. The van der Waals surface area contributed by atoms with Crippen LogP contribution in [0.3, 0.4) is 0 Å². The first-order valence-electron chi connectivity index (χ1n) is 9.35. The van der Waals surface area contributed by atoms with Crippen LogP contribution in [0.1, 0.15) is 25.5 Å². The maximum Gasteiger partial charge on any atom is 0.228 e. The molecule has 1 aromatic heterocycles. The van der Waals surface area contributed by atoms with E-state index >= 15 is 0 Å². The van der Waals surface area contributed by atoms with Crippen molar-refractivity contribution in [3.05, 3.63) is 35.3 Å². The fourth-order valence-corrected chi connectivity index (χ4v) is 4.98. The molecule has 1 aliphatic heterocycles. The zero-order valence-corrected chi connectivity index (χ0v) is 15.9. The van der Waals surface area contributed by atoms with Gasteiger partial charge in [0.05, 0.1) is 18.7 Å². The number of hydrogen-bond acceptors (Lipinski definition) is 5. The highest BCUT2D eigenvalue weighted by atomic mass is 32.1. The summed E-state index contributed by atoms with van der Waals surface area (Å²) in [5.41, 5.74) is 8.08. The molecule has 2 N–H and O–H groups in total. The molecule has 3 unspecified atom stereocenters. The number of amides is 1. The quantitative estimate of drug-likeness (QED) is 0.877. The molecule has 1 saturated carbocycles. The molecular weight excluding hydrogens is 346 g/mol. The number of likely N-dealkylation sites (tertiary alicyclic amines) is 1. The van der Waals surface area contributed by atoms with Gasteiger partial charge in [0.25, 0.3) is 0 Å². The fraction of sp³-hybridized carbons (Fsp3) is 0.500. The molecule has 1 aliphatic carbocycles. The maximum atomic E-state index is 12.6. The second kappa shape index (κ2) is 7.37. The molecule has 6 heteroatoms. The van der Waals surface area contributed by atoms with Crippen LogP contribution in [0.5, 0.6) is 5.75 Å². The number of ether oxygens (including phenoxy) is 1. The van der Waals surface area contributed by atoms with Crippen LogP contribution in [-0.2, 0) is 11.2 Å². The highest BCUT2D eigenvalue weighted by Gasteiger charge is 2.42. The Hall–Kier alpha value is -1.92. The van der Waals surface area contributed by atoms with Gasteiger partial charge in [-0.15, -0.1) is 11.3 Å². The first-order valence-corrected chi connectivity index (χ1v) is 10.2. The summed E-state index contributed by atoms with van der Waals surface area (Å²) >= 11 is 1.58. The van der Waals surface area contributed by atoms with Crippen molar-refractivity contribution < 1.29 is 9.53 Å². The minimum atomic E-state index is 0.176. The second-order valence-electron chi connectivity index (χ2n) is 7.24. The Kier molecular flexibility index (Phi) is 4.96. The van der Waals surface area contributed by atoms with Gasteiger partial charge in [-0.3, -0.25) is 4.79 Å². The molecule has 1 aromatic carbocycles. The highest BCUT2D eigenvalue weighted by molar-refractivity contribution is 7.13. The second-order valence-corrected chi connectivity index (χ2v) is 8.10. The van der Waals surface area contributed by atoms with Crippen molar-refractivity contribution in [1.29, 1.82) is 0 Å². The standard InChI is InChI=1S/C20H25N3O2S/c1-2-25-16-6-3-13(4-7-16)20-22-15(12-26-20)9-19(24)23-10-14-5-8-18(21)17(14)11-23/h3-4,6-7,12,14,17-18H,2,5,8-11,21H2,1H3. The van der Waals surface area contributed by atoms with Crippen molar-refractivity contribution in [2.45, 2.75) is 32.2 Å². The highest BCUT2D eigenvalue weighted by Crippen LogP contribution is 2.37. The van der Waals surface area contributed by atoms with Gasteiger partial charge in [0.2, 0.25) is 5.91 Å². The fourth-order valence-electron chi connectivity index (χ4n) is 4.16. The van der Waals surface area contributed by atoms with Crippen molar-refractivity contribution in [2.75, 3.05) is 19.7 Å². The largest absolute Gasteiger partial charge is 0.494 e. The van der Waals surface area contributed by atoms with Crippen LogP contribution in [0, 0.1) is 11.8 Å². The number of nitrogens with zero attached hydrogens (tertiary/aromatic N) is 2. The van der Waals surface area contributed by atoms with Crippen molar-refractivity contribution in [2.24, 2.45) is 17.6 Å². The van der Waals surface area contributed by atoms with Crippen LogP contribution in [0.4, 0.5) is 0 Å². The molecule has 1 saturated heterocycles. The van der Waals surface area contributed by atoms with Crippen LogP contribution in [0.2, 0.25) is 0 Å². The molecule has 5 nitrogen and oxygen atoms in total. The smallest absolute Gasteiger partial charge is 0.228 e. The number of benzene rings is 1. The molecule has 4 rings (SSSR count). The van der Waals surface area contributed by atoms with Crippen LogP contribution in [0.15, 0.2) is 29.6 Å². The van der Waals surface area contributed by atoms with Gasteiger partial charge in [0.1, 0.15) is 10.8 Å². The topological polar surface area (TPSA) is 68.5 Å². The number of carbonyl (C=O) groups is 1. The van der Waals surface area contributed by atoms with Gasteiger partial charge in [-0.2, -0.15) is 0 Å². The molecular formula is C20H25N3O2S. The third-order valence-corrected chi connectivity index (χ3v) is 6.50. The summed E-state index contributed by atoms with van der Waals surface area (Å²) in [5, 5.41) is 2.93. The predicted molar refractivity (Wildman–Crippen MR) is 103 cm³/mol. The first kappa shape index (κ1) is 17.5. The molecule has 2 aromatic rings. The van der Waals surface area contributed by atoms with Crippen LogP contribution in [0.25, 0.3) is 10.6 Å². The molecule has 1 amide bonds. The monoisotopic (exact) mass is 371 g/mol. The first-order chi connectivity index (χ1) is 12.6. The Labute approximate surface area is 158 Å². The number of carbonyl (C=O) groups excluding carboxylic acids is 1. The average Bonchev–Trinajstić information content (AvgIpc) is 3.34. The Bertz CT molecular complexity index is 774. The van der Waals surface area contributed by atoms with Crippen molar-refractivity contribution in [1.82, 2.24) is 9.88 Å². The molecule has 0 bridgehead atoms. The number of thiazole rings is 1. The number of rotatable bonds is 5. The molecule has 2 heterocycles. The van der Waals surface area contributed by atoms with Crippen LogP contribution in [-0.4, -0.2) is 41.5 Å². The lowest BCUT2D eigenvalue weighted by atomic mass is 9.98. The van der Waals surface area contributed by atoms with E-state index in [0.717, 1.165) is 47.9 Å². The Morgan fingerprint density at radius 2 is 2.12 bits per heavy atom. The van der Waals surface area contributed by atoms with E-state index < -0.39 is 0 Å². The number of fused-ring (bicyclic) bond motifs is 1. The Balaban J connectivity index is 1.38. The van der Waals surface area contributed by atoms with Gasteiger partial charge in [-0.25, -0.2) is 4.98 Å². The van der Waals surface area contributed by atoms with Gasteiger partial charge in [0, 0.05) is 30.1 Å². The zero-order valence-electron chi connectivity index (χ0n) is 15.1. The number of nitrogens with two attached hydrogens (primary N) is 1. The van der Waals surface area contributed by atoms with Gasteiger partial charge in [0.15, 0.2) is 0 Å². The lowest BCUT2D eigenvalue weighted by Gasteiger charge is -2.18. The molecule has 0 radical (unpaired) electrons. The Morgan fingerprint density at radius 3 is 2.85 bits per heavy atom. The van der Waals surface area contributed by atoms with Gasteiger partial charge in [-0.1, -0.05) is 0 Å². The van der Waals surface area contributed by atoms with Gasteiger partial charge in [-0.05, 0) is 55.9 Å². The van der Waals surface area contributed by atoms with E-state index in [9.17, 15) is 4.79 Å². The predicted octanol–water partition coefficient (Wildman–Crippen LogP) is 2.95. The maximum absolute atomic E-state index is 12.6. The summed E-state index contributed by atoms with van der Waals surface area (Å²) in [6.07, 6.45) is 2.64. The normalized spacial score (nSPS) is 24.7. The third-order valence-electron chi connectivity index (χ3n) is 5.56. The lowest BCUT2D eigenvalue weighted by Crippen LogP contribution is -2.34. The van der Waals surface area contributed by atoms with Crippen molar-refractivity contribution in [3.63, 3.8) is 0 Å². The van der Waals surface area contributed by atoms with Crippen molar-refractivity contribution in [3.8, 4) is 16.3 Å². The molecule has 2 aliphatic rings. The zero-order chi connectivity index (χ0) is 18.1. The van der Waals surface area contributed by atoms with Crippen LogP contribution < -0.4 is 10.5 Å². The van der Waals surface area contributed by atoms with E-state index in [1.807, 2.05) is 41.5 Å². The number of aromatic nitrogens is 1. The summed E-state index contributed by atoms with van der Waals surface area (Å²) in [6.45, 7) is 4.32. The van der Waals surface area contributed by atoms with E-state index in [1.165, 1.54) is 0 Å². The summed E-state index contributed by atoms with van der Waals surface area (Å²) in [6, 6.07) is 8.20. The van der Waals surface area contributed by atoms with E-state index in [1.54, 1.807) is 11.3 Å². The third kappa shape index (κ3) is 3.48. The lowest BCUT2D eigenvalue weighted by molar-refractivity contribution is -0.129. The Morgan fingerprint density at radius 1 is 1.31 bits per heavy atom. The van der Waals surface area contributed by atoms with Gasteiger partial charge < -0.3 is 15.4 Å². The number of hydrogen-bond donors (Lipinski definition) is 1. The van der Waals surface area contributed by atoms with Crippen molar-refractivity contribution >= 4 is 17.2 Å². The summed E-state index contributed by atoms with van der Waals surface area (Å²) in [5.74, 6) is 2.13. The van der Waals surface area contributed by atoms with Gasteiger partial charge >= 0.3 is 0 Å². The van der Waals surface area contributed by atoms with Crippen LogP contribution >= 0.6 is 11.3 Å². The van der Waals surface area contributed by atoms with E-state index in [0.29, 0.717) is 24.9 Å². The molecule has 2 fully saturated rings.